The molecule has 0 amide bonds. The number of benzene rings is 4. The van der Waals surface area contributed by atoms with Crippen molar-refractivity contribution >= 4 is 10.8 Å². The molecule has 0 bridgehead atoms. The Balaban J connectivity index is 1.66. The van der Waals surface area contributed by atoms with Gasteiger partial charge in [0.05, 0.1) is 18.2 Å². The normalized spacial score (nSPS) is 10.4. The summed E-state index contributed by atoms with van der Waals surface area (Å²) in [5.41, 5.74) is -1.25. The van der Waals surface area contributed by atoms with E-state index in [1.54, 1.807) is 0 Å². The highest BCUT2D eigenvalue weighted by molar-refractivity contribution is 5.84. The molecule has 0 saturated carbocycles. The van der Waals surface area contributed by atoms with Crippen LogP contribution in [0.4, 0.5) is 30.7 Å². The molecule has 0 N–H and O–H groups in total. The molecule has 4 aromatic rings. The highest BCUT2D eigenvalue weighted by Crippen LogP contribution is 2.24. The lowest BCUT2D eigenvalue weighted by Gasteiger charge is -2.03. The number of hydrogen-bond donors (Lipinski definition) is 0. The van der Waals surface area contributed by atoms with Crippen molar-refractivity contribution in [1.82, 2.24) is 0 Å². The monoisotopic (exact) mass is 484 g/mol. The van der Waals surface area contributed by atoms with Crippen LogP contribution in [-0.2, 0) is 0 Å². The lowest BCUT2D eigenvalue weighted by Crippen LogP contribution is -1.95. The Hall–Kier alpha value is -4.43. The van der Waals surface area contributed by atoms with Crippen molar-refractivity contribution < 1.29 is 35.5 Å². The van der Waals surface area contributed by atoms with Crippen LogP contribution in [0.5, 0.6) is 5.75 Å². The molecule has 174 valence electrons. The van der Waals surface area contributed by atoms with E-state index in [0.717, 1.165) is 30.3 Å². The summed E-state index contributed by atoms with van der Waals surface area (Å²) < 4.78 is 102. The third kappa shape index (κ3) is 4.78. The van der Waals surface area contributed by atoms with Gasteiger partial charge in [-0.2, -0.15) is 0 Å². The molecule has 0 heterocycles. The van der Waals surface area contributed by atoms with Gasteiger partial charge in [0.25, 0.3) is 0 Å². The van der Waals surface area contributed by atoms with Gasteiger partial charge in [-0.05, 0) is 35.7 Å². The number of rotatable bonds is 1. The summed E-state index contributed by atoms with van der Waals surface area (Å²) >= 11 is 0. The van der Waals surface area contributed by atoms with E-state index in [4.69, 9.17) is 4.74 Å². The molecule has 0 unspecified atom stereocenters. The van der Waals surface area contributed by atoms with Gasteiger partial charge in [0, 0.05) is 28.6 Å². The van der Waals surface area contributed by atoms with Crippen molar-refractivity contribution in [2.24, 2.45) is 0 Å². The maximum atomic E-state index is 14.5. The van der Waals surface area contributed by atoms with Crippen molar-refractivity contribution in [3.05, 3.63) is 112 Å². The maximum absolute atomic E-state index is 14.5. The van der Waals surface area contributed by atoms with Crippen LogP contribution in [0.1, 0.15) is 22.3 Å². The zero-order valence-corrected chi connectivity index (χ0v) is 17.7. The fourth-order valence-corrected chi connectivity index (χ4v) is 3.20. The van der Waals surface area contributed by atoms with E-state index in [1.807, 2.05) is 0 Å². The molecule has 0 aliphatic heterocycles. The highest BCUT2D eigenvalue weighted by Gasteiger charge is 2.14. The second kappa shape index (κ2) is 9.44. The van der Waals surface area contributed by atoms with Crippen LogP contribution in [0.25, 0.3) is 10.8 Å². The predicted octanol–water partition coefficient (Wildman–Crippen LogP) is 6.62. The summed E-state index contributed by atoms with van der Waals surface area (Å²) in [5, 5.41) is -0.169. The Kier molecular flexibility index (Phi) is 6.40. The second-order valence-corrected chi connectivity index (χ2v) is 7.20. The average molecular weight is 484 g/mol. The van der Waals surface area contributed by atoms with Crippen LogP contribution in [0, 0.1) is 64.4 Å². The molecular formula is C27H11F7O. The third-order valence-corrected chi connectivity index (χ3v) is 4.93. The molecule has 8 heteroatoms. The zero-order valence-electron chi connectivity index (χ0n) is 17.7. The number of fused-ring (bicyclic) bond motifs is 1. The standard InChI is InChI=1S/C27H11F7O/c1-35-17-12-23(30)20(24(31)13-17)7-4-15-9-21(28)19(22(29)10-15)6-3-14-2-5-18-16(8-14)11-25(32)27(34)26(18)33/h2,5,8-13H,1H3. The Morgan fingerprint density at radius 3 is 1.66 bits per heavy atom. The van der Waals surface area contributed by atoms with Gasteiger partial charge in [-0.25, -0.2) is 30.7 Å². The van der Waals surface area contributed by atoms with E-state index < -0.39 is 51.8 Å². The number of hydrogen-bond acceptors (Lipinski definition) is 1. The highest BCUT2D eigenvalue weighted by atomic mass is 19.2. The zero-order chi connectivity index (χ0) is 25.3. The van der Waals surface area contributed by atoms with Crippen LogP contribution in [0.2, 0.25) is 0 Å². The van der Waals surface area contributed by atoms with Crippen molar-refractivity contribution in [3.8, 4) is 29.4 Å². The minimum Gasteiger partial charge on any atom is -0.497 e. The molecule has 0 saturated heterocycles. The van der Waals surface area contributed by atoms with E-state index in [9.17, 15) is 30.7 Å². The van der Waals surface area contributed by atoms with E-state index in [-0.39, 0.29) is 27.6 Å². The summed E-state index contributed by atoms with van der Waals surface area (Å²) in [5.74, 6) is 0.672. The predicted molar refractivity (Wildman–Crippen MR) is 115 cm³/mol. The fourth-order valence-electron chi connectivity index (χ4n) is 3.20. The van der Waals surface area contributed by atoms with Gasteiger partial charge in [-0.15, -0.1) is 0 Å². The molecular weight excluding hydrogens is 473 g/mol. The van der Waals surface area contributed by atoms with Crippen LogP contribution < -0.4 is 4.74 Å². The van der Waals surface area contributed by atoms with Crippen LogP contribution in [0.3, 0.4) is 0 Å². The molecule has 1 nitrogen and oxygen atoms in total. The SMILES string of the molecule is COc1cc(F)c(C#Cc2cc(F)c(C#Cc3ccc4c(F)c(F)c(F)cc4c3)c(F)c2)c(F)c1. The summed E-state index contributed by atoms with van der Waals surface area (Å²) in [7, 11) is 1.23. The van der Waals surface area contributed by atoms with Crippen LogP contribution in [0.15, 0.2) is 48.5 Å². The van der Waals surface area contributed by atoms with Crippen LogP contribution in [-0.4, -0.2) is 7.11 Å². The quantitative estimate of drug-likeness (QED) is 0.168. The number of ether oxygens (including phenoxy) is 1. The molecule has 0 spiro atoms. The minimum absolute atomic E-state index is 0.0118. The van der Waals surface area contributed by atoms with Crippen molar-refractivity contribution in [3.63, 3.8) is 0 Å². The lowest BCUT2D eigenvalue weighted by atomic mass is 10.1. The molecule has 0 aliphatic carbocycles. The van der Waals surface area contributed by atoms with Gasteiger partial charge in [0.15, 0.2) is 17.5 Å². The minimum atomic E-state index is -1.61. The molecule has 0 aliphatic rings. The lowest BCUT2D eigenvalue weighted by molar-refractivity contribution is 0.406. The van der Waals surface area contributed by atoms with E-state index in [2.05, 4.69) is 23.7 Å². The van der Waals surface area contributed by atoms with Crippen molar-refractivity contribution in [2.75, 3.05) is 7.11 Å². The Bertz CT molecular complexity index is 1570. The van der Waals surface area contributed by atoms with Gasteiger partial charge < -0.3 is 4.74 Å². The topological polar surface area (TPSA) is 9.23 Å². The van der Waals surface area contributed by atoms with E-state index >= 15 is 0 Å². The molecule has 0 fully saturated rings. The fraction of sp³-hybridized carbons (Fsp3) is 0.0370. The summed E-state index contributed by atoms with van der Waals surface area (Å²) in [4.78, 5) is 0. The third-order valence-electron chi connectivity index (χ3n) is 4.93. The maximum Gasteiger partial charge on any atom is 0.195 e. The molecule has 4 aromatic carbocycles. The first-order chi connectivity index (χ1) is 16.7. The van der Waals surface area contributed by atoms with Gasteiger partial charge in [0.2, 0.25) is 0 Å². The summed E-state index contributed by atoms with van der Waals surface area (Å²) in [6.45, 7) is 0. The first-order valence-corrected chi connectivity index (χ1v) is 9.81. The van der Waals surface area contributed by atoms with E-state index in [0.29, 0.717) is 0 Å². The summed E-state index contributed by atoms with van der Waals surface area (Å²) in [6.07, 6.45) is 0. The number of methoxy groups -OCH3 is 1. The Morgan fingerprint density at radius 1 is 0.543 bits per heavy atom. The second-order valence-electron chi connectivity index (χ2n) is 7.20. The molecule has 0 radical (unpaired) electrons. The Morgan fingerprint density at radius 2 is 1.09 bits per heavy atom. The first-order valence-electron chi connectivity index (χ1n) is 9.81. The smallest absolute Gasteiger partial charge is 0.195 e. The molecule has 35 heavy (non-hydrogen) atoms. The van der Waals surface area contributed by atoms with Crippen LogP contribution >= 0.6 is 0 Å². The Labute approximate surface area is 194 Å². The molecule has 4 rings (SSSR count). The number of halogens is 7. The van der Waals surface area contributed by atoms with Crippen molar-refractivity contribution in [2.45, 2.75) is 0 Å². The van der Waals surface area contributed by atoms with E-state index in [1.165, 1.54) is 25.3 Å². The van der Waals surface area contributed by atoms with Gasteiger partial charge in [-0.3, -0.25) is 0 Å². The van der Waals surface area contributed by atoms with Gasteiger partial charge in [-0.1, -0.05) is 29.7 Å². The van der Waals surface area contributed by atoms with Gasteiger partial charge >= 0.3 is 0 Å². The molecule has 0 aromatic heterocycles. The first kappa shape index (κ1) is 23.7. The van der Waals surface area contributed by atoms with Crippen molar-refractivity contribution in [1.29, 1.82) is 0 Å². The largest absolute Gasteiger partial charge is 0.497 e. The average Bonchev–Trinajstić information content (AvgIpc) is 2.81. The summed E-state index contributed by atoms with van der Waals surface area (Å²) in [6, 6.07) is 7.98. The van der Waals surface area contributed by atoms with Gasteiger partial charge in [0.1, 0.15) is 29.0 Å². The molecule has 0 atom stereocenters.